The number of rotatable bonds is 7. The molecule has 2 aliphatic rings. The molecule has 3 rings (SSSR count). The molecule has 0 amide bonds. The highest BCUT2D eigenvalue weighted by atomic mass is 16.5. The molecule has 3 nitrogen and oxygen atoms in total. The number of ether oxygens (including phenoxy) is 1. The number of hydrogen-bond donors (Lipinski definition) is 1. The van der Waals surface area contributed by atoms with Crippen molar-refractivity contribution < 1.29 is 4.74 Å². The summed E-state index contributed by atoms with van der Waals surface area (Å²) in [6.45, 7) is 8.26. The molecule has 0 aromatic heterocycles. The molecule has 1 aromatic carbocycles. The number of nitrogens with zero attached hydrogens (tertiary/aromatic N) is 1. The van der Waals surface area contributed by atoms with Gasteiger partial charge < -0.3 is 10.1 Å². The fourth-order valence-corrected chi connectivity index (χ4v) is 4.20. The minimum atomic E-state index is 0.717. The van der Waals surface area contributed by atoms with E-state index < -0.39 is 0 Å². The Morgan fingerprint density at radius 3 is 2.46 bits per heavy atom. The Balaban J connectivity index is 1.48. The maximum Gasteiger partial charge on any atom is 0.0594 e. The van der Waals surface area contributed by atoms with E-state index in [4.69, 9.17) is 4.74 Å². The van der Waals surface area contributed by atoms with Crippen molar-refractivity contribution in [3.05, 3.63) is 35.4 Å². The van der Waals surface area contributed by atoms with Crippen LogP contribution >= 0.6 is 0 Å². The lowest BCUT2D eigenvalue weighted by Gasteiger charge is -2.30. The molecule has 1 aliphatic heterocycles. The van der Waals surface area contributed by atoms with E-state index in [2.05, 4.69) is 41.4 Å². The normalized spacial score (nSPS) is 25.7. The maximum atomic E-state index is 5.47. The van der Waals surface area contributed by atoms with Crippen molar-refractivity contribution in [1.29, 1.82) is 0 Å². The second-order valence-corrected chi connectivity index (χ2v) is 7.54. The third-order valence-corrected chi connectivity index (χ3v) is 5.74. The standard InChI is InChI=1S/C21H34N2O/c1-2-5-18-8-10-21(11-9-18)22-16-19-6-3-4-7-20(19)17-23-12-14-24-15-13-23/h3-4,6-7,18,21-22H,2,5,8-17H2,1H3. The van der Waals surface area contributed by atoms with E-state index in [-0.39, 0.29) is 0 Å². The molecule has 0 bridgehead atoms. The van der Waals surface area contributed by atoms with Crippen molar-refractivity contribution in [3.8, 4) is 0 Å². The molecule has 1 aromatic rings. The second-order valence-electron chi connectivity index (χ2n) is 7.54. The van der Waals surface area contributed by atoms with E-state index in [1.165, 1.54) is 49.7 Å². The van der Waals surface area contributed by atoms with Crippen LogP contribution in [0.5, 0.6) is 0 Å². The largest absolute Gasteiger partial charge is 0.379 e. The lowest BCUT2D eigenvalue weighted by Crippen LogP contribution is -2.36. The Hall–Kier alpha value is -0.900. The first-order chi connectivity index (χ1) is 11.8. The predicted molar refractivity (Wildman–Crippen MR) is 100 cm³/mol. The summed E-state index contributed by atoms with van der Waals surface area (Å²) in [6, 6.07) is 9.66. The van der Waals surface area contributed by atoms with Crippen molar-refractivity contribution in [1.82, 2.24) is 10.2 Å². The number of benzene rings is 1. The van der Waals surface area contributed by atoms with Crippen molar-refractivity contribution in [2.75, 3.05) is 26.3 Å². The van der Waals surface area contributed by atoms with Gasteiger partial charge in [0.05, 0.1) is 13.2 Å². The van der Waals surface area contributed by atoms with Crippen LogP contribution in [-0.4, -0.2) is 37.2 Å². The SMILES string of the molecule is CCCC1CCC(NCc2ccccc2CN2CCOCC2)CC1. The van der Waals surface area contributed by atoms with Gasteiger partial charge in [-0.05, 0) is 42.7 Å². The summed E-state index contributed by atoms with van der Waals surface area (Å²) in [6.07, 6.45) is 8.32. The van der Waals surface area contributed by atoms with Gasteiger partial charge in [-0.2, -0.15) is 0 Å². The average molecular weight is 331 g/mol. The fraction of sp³-hybridized carbons (Fsp3) is 0.714. The zero-order valence-corrected chi connectivity index (χ0v) is 15.3. The van der Waals surface area contributed by atoms with Crippen LogP contribution in [0.25, 0.3) is 0 Å². The molecule has 0 spiro atoms. The molecule has 1 saturated carbocycles. The number of nitrogens with one attached hydrogen (secondary N) is 1. The molecule has 0 atom stereocenters. The first-order valence-electron chi connectivity index (χ1n) is 9.95. The van der Waals surface area contributed by atoms with Crippen LogP contribution in [0.2, 0.25) is 0 Å². The zero-order valence-electron chi connectivity index (χ0n) is 15.3. The number of hydrogen-bond acceptors (Lipinski definition) is 3. The average Bonchev–Trinajstić information content (AvgIpc) is 2.63. The first-order valence-corrected chi connectivity index (χ1v) is 9.95. The molecular formula is C21H34N2O. The van der Waals surface area contributed by atoms with Crippen LogP contribution in [0.1, 0.15) is 56.6 Å². The highest BCUT2D eigenvalue weighted by Crippen LogP contribution is 2.28. The van der Waals surface area contributed by atoms with Gasteiger partial charge in [-0.15, -0.1) is 0 Å². The first kappa shape index (κ1) is 17.9. The monoisotopic (exact) mass is 330 g/mol. The summed E-state index contributed by atoms with van der Waals surface area (Å²) in [5.74, 6) is 0.988. The van der Waals surface area contributed by atoms with E-state index in [0.717, 1.165) is 51.4 Å². The van der Waals surface area contributed by atoms with Crippen LogP contribution < -0.4 is 5.32 Å². The summed E-state index contributed by atoms with van der Waals surface area (Å²) >= 11 is 0. The molecule has 1 heterocycles. The molecule has 0 unspecified atom stereocenters. The zero-order chi connectivity index (χ0) is 16.6. The highest BCUT2D eigenvalue weighted by Gasteiger charge is 2.20. The predicted octanol–water partition coefficient (Wildman–Crippen LogP) is 3.97. The highest BCUT2D eigenvalue weighted by molar-refractivity contribution is 5.27. The van der Waals surface area contributed by atoms with Gasteiger partial charge >= 0.3 is 0 Å². The van der Waals surface area contributed by atoms with Gasteiger partial charge in [0.1, 0.15) is 0 Å². The molecule has 134 valence electrons. The maximum absolute atomic E-state index is 5.47. The molecule has 1 N–H and O–H groups in total. The van der Waals surface area contributed by atoms with E-state index in [1.54, 1.807) is 0 Å². The van der Waals surface area contributed by atoms with Crippen LogP contribution in [0.15, 0.2) is 24.3 Å². The van der Waals surface area contributed by atoms with Crippen molar-refractivity contribution in [3.63, 3.8) is 0 Å². The summed E-state index contributed by atoms with van der Waals surface area (Å²) in [5.41, 5.74) is 2.95. The van der Waals surface area contributed by atoms with Gasteiger partial charge in [0.15, 0.2) is 0 Å². The van der Waals surface area contributed by atoms with Gasteiger partial charge in [-0.3, -0.25) is 4.90 Å². The Kier molecular flexibility index (Phi) is 7.13. The molecule has 0 radical (unpaired) electrons. The smallest absolute Gasteiger partial charge is 0.0594 e. The lowest BCUT2D eigenvalue weighted by atomic mass is 9.83. The van der Waals surface area contributed by atoms with E-state index in [9.17, 15) is 0 Å². The third-order valence-electron chi connectivity index (χ3n) is 5.74. The van der Waals surface area contributed by atoms with Crippen molar-refractivity contribution >= 4 is 0 Å². The molecule has 3 heteroatoms. The molecule has 1 saturated heterocycles. The molecular weight excluding hydrogens is 296 g/mol. The van der Waals surface area contributed by atoms with Gasteiger partial charge in [0.2, 0.25) is 0 Å². The Labute approximate surface area is 147 Å². The fourth-order valence-electron chi connectivity index (χ4n) is 4.20. The van der Waals surface area contributed by atoms with Crippen LogP contribution in [0, 0.1) is 5.92 Å². The summed E-state index contributed by atoms with van der Waals surface area (Å²) in [5, 5.41) is 3.83. The second kappa shape index (κ2) is 9.55. The molecule has 1 aliphatic carbocycles. The van der Waals surface area contributed by atoms with E-state index in [1.807, 2.05) is 0 Å². The van der Waals surface area contributed by atoms with Gasteiger partial charge in [-0.25, -0.2) is 0 Å². The van der Waals surface area contributed by atoms with Crippen LogP contribution in [0.4, 0.5) is 0 Å². The quantitative estimate of drug-likeness (QED) is 0.819. The summed E-state index contributed by atoms with van der Waals surface area (Å²) in [4.78, 5) is 2.51. The van der Waals surface area contributed by atoms with Crippen molar-refractivity contribution in [2.45, 2.75) is 64.6 Å². The minimum Gasteiger partial charge on any atom is -0.379 e. The lowest BCUT2D eigenvalue weighted by molar-refractivity contribution is 0.0340. The van der Waals surface area contributed by atoms with Crippen LogP contribution in [0.3, 0.4) is 0 Å². The topological polar surface area (TPSA) is 24.5 Å². The Morgan fingerprint density at radius 1 is 1.04 bits per heavy atom. The van der Waals surface area contributed by atoms with Gasteiger partial charge in [0, 0.05) is 32.2 Å². The van der Waals surface area contributed by atoms with Gasteiger partial charge in [-0.1, -0.05) is 44.0 Å². The van der Waals surface area contributed by atoms with Gasteiger partial charge in [0.25, 0.3) is 0 Å². The summed E-state index contributed by atoms with van der Waals surface area (Å²) in [7, 11) is 0. The minimum absolute atomic E-state index is 0.717. The van der Waals surface area contributed by atoms with Crippen LogP contribution in [-0.2, 0) is 17.8 Å². The Morgan fingerprint density at radius 2 is 1.75 bits per heavy atom. The third kappa shape index (κ3) is 5.30. The van der Waals surface area contributed by atoms with Crippen molar-refractivity contribution in [2.24, 2.45) is 5.92 Å². The Bertz CT molecular complexity index is 476. The molecule has 2 fully saturated rings. The van der Waals surface area contributed by atoms with E-state index >= 15 is 0 Å². The van der Waals surface area contributed by atoms with E-state index in [0.29, 0.717) is 0 Å². The molecule has 24 heavy (non-hydrogen) atoms. The summed E-state index contributed by atoms with van der Waals surface area (Å²) < 4.78 is 5.47. The number of morpholine rings is 1.